The third-order valence-electron chi connectivity index (χ3n) is 8.89. The van der Waals surface area contributed by atoms with Gasteiger partial charge in [0.1, 0.15) is 12.1 Å². The minimum Gasteiger partial charge on any atom is -0.440 e. The number of nitrogens with one attached hydrogen (secondary N) is 4. The number of halogens is 1. The first-order valence-corrected chi connectivity index (χ1v) is 16.6. The van der Waals surface area contributed by atoms with E-state index in [0.717, 1.165) is 29.5 Å². The molecular formula is C37H41ClN4O6. The first kappa shape index (κ1) is 34.6. The zero-order valence-electron chi connectivity index (χ0n) is 27.0. The van der Waals surface area contributed by atoms with Crippen molar-refractivity contribution in [3.05, 3.63) is 107 Å². The second kappa shape index (κ2) is 15.5. The molecular weight excluding hydrogens is 632 g/mol. The summed E-state index contributed by atoms with van der Waals surface area (Å²) in [6.07, 6.45) is 0.451. The van der Waals surface area contributed by atoms with Crippen LogP contribution in [0.5, 0.6) is 0 Å². The van der Waals surface area contributed by atoms with E-state index in [4.69, 9.17) is 16.3 Å². The fourth-order valence-electron chi connectivity index (χ4n) is 5.94. The molecule has 252 valence electrons. The summed E-state index contributed by atoms with van der Waals surface area (Å²) in [6, 6.07) is 23.2. The first-order chi connectivity index (χ1) is 23.0. The number of hydrogen-bond donors (Lipinski definition) is 4. The van der Waals surface area contributed by atoms with Crippen molar-refractivity contribution in [3.63, 3.8) is 0 Å². The molecule has 4 amide bonds. The summed E-state index contributed by atoms with van der Waals surface area (Å²) in [6.45, 7) is 4.34. The molecule has 0 aromatic heterocycles. The molecule has 0 bridgehead atoms. The van der Waals surface area contributed by atoms with Crippen molar-refractivity contribution in [1.29, 1.82) is 0 Å². The Bertz CT molecular complexity index is 1630. The highest BCUT2D eigenvalue weighted by atomic mass is 35.5. The maximum Gasteiger partial charge on any atom is 0.408 e. The van der Waals surface area contributed by atoms with E-state index in [1.54, 1.807) is 6.07 Å². The Morgan fingerprint density at radius 2 is 1.58 bits per heavy atom. The van der Waals surface area contributed by atoms with E-state index < -0.39 is 53.2 Å². The molecule has 1 saturated carbocycles. The molecule has 1 aliphatic heterocycles. The minimum atomic E-state index is -1.26. The van der Waals surface area contributed by atoms with Gasteiger partial charge in [0, 0.05) is 35.4 Å². The molecule has 1 unspecified atom stereocenters. The van der Waals surface area contributed by atoms with Gasteiger partial charge in [-0.3, -0.25) is 19.2 Å². The van der Waals surface area contributed by atoms with E-state index in [1.165, 1.54) is 0 Å². The number of rotatable bonds is 14. The Hall–Kier alpha value is -4.70. The van der Waals surface area contributed by atoms with Gasteiger partial charge in [0.15, 0.2) is 0 Å². The van der Waals surface area contributed by atoms with Crippen molar-refractivity contribution in [2.45, 2.75) is 75.6 Å². The predicted octanol–water partition coefficient (Wildman–Crippen LogP) is 4.56. The van der Waals surface area contributed by atoms with Gasteiger partial charge in [0.2, 0.25) is 17.6 Å². The molecule has 1 aliphatic carbocycles. The maximum atomic E-state index is 13.9. The second-order valence-electron chi connectivity index (χ2n) is 13.0. The molecule has 3 aromatic rings. The summed E-state index contributed by atoms with van der Waals surface area (Å²) in [5, 5.41) is 11.4. The summed E-state index contributed by atoms with van der Waals surface area (Å²) in [7, 11) is 0. The van der Waals surface area contributed by atoms with Crippen molar-refractivity contribution in [2.75, 3.05) is 6.54 Å². The fraction of sp³-hybridized carbons (Fsp3) is 0.378. The second-order valence-corrected chi connectivity index (χ2v) is 13.4. The molecule has 2 fully saturated rings. The predicted molar refractivity (Wildman–Crippen MR) is 181 cm³/mol. The standard InChI is InChI=1S/C37H41ClN4O6/c1-37(2,26-14-9-15-27(38)22-26)32(24-12-7-4-8-13-24)48-36(47)42-30(20-23-10-5-3-6-11-23)34(45)41-29(21-25-18-19-39-33(25)44)31(43)35(46)40-28-16-17-28/h3-15,22,25,28-30,32H,16-21H2,1-2H3,(H,39,44)(H,40,46)(H,41,45)(H,42,47)/t25-,29-,30-,32?/m0/s1. The van der Waals surface area contributed by atoms with Gasteiger partial charge < -0.3 is 26.0 Å². The van der Waals surface area contributed by atoms with E-state index in [0.29, 0.717) is 18.0 Å². The van der Waals surface area contributed by atoms with Crippen LogP contribution in [-0.2, 0) is 35.8 Å². The van der Waals surface area contributed by atoms with E-state index in [9.17, 15) is 24.0 Å². The lowest BCUT2D eigenvalue weighted by molar-refractivity contribution is -0.141. The molecule has 2 aliphatic rings. The Morgan fingerprint density at radius 3 is 2.21 bits per heavy atom. The summed E-state index contributed by atoms with van der Waals surface area (Å²) < 4.78 is 6.12. The van der Waals surface area contributed by atoms with E-state index in [2.05, 4.69) is 21.3 Å². The van der Waals surface area contributed by atoms with Crippen LogP contribution in [0.3, 0.4) is 0 Å². The maximum absolute atomic E-state index is 13.9. The highest BCUT2D eigenvalue weighted by Gasteiger charge is 2.39. The number of benzene rings is 3. The molecule has 11 heteroatoms. The average Bonchev–Trinajstić information content (AvgIpc) is 3.81. The summed E-state index contributed by atoms with van der Waals surface area (Å²) in [5.41, 5.74) is 1.59. The monoisotopic (exact) mass is 672 g/mol. The zero-order valence-corrected chi connectivity index (χ0v) is 27.8. The van der Waals surface area contributed by atoms with Gasteiger partial charge >= 0.3 is 6.09 Å². The molecule has 0 radical (unpaired) electrons. The van der Waals surface area contributed by atoms with E-state index in [-0.39, 0.29) is 24.8 Å². The van der Waals surface area contributed by atoms with Crippen LogP contribution in [0, 0.1) is 5.92 Å². The molecule has 5 rings (SSSR count). The van der Waals surface area contributed by atoms with Crippen LogP contribution in [0.1, 0.15) is 62.3 Å². The Balaban J connectivity index is 1.38. The van der Waals surface area contributed by atoms with Gasteiger partial charge in [0.25, 0.3) is 5.91 Å². The van der Waals surface area contributed by atoms with E-state index >= 15 is 0 Å². The molecule has 0 spiro atoms. The Labute approximate surface area is 285 Å². The van der Waals surface area contributed by atoms with Gasteiger partial charge in [-0.1, -0.05) is 98.2 Å². The van der Waals surface area contributed by atoms with Crippen LogP contribution in [0.4, 0.5) is 4.79 Å². The highest BCUT2D eigenvalue weighted by Crippen LogP contribution is 2.40. The molecule has 1 saturated heterocycles. The van der Waals surface area contributed by atoms with Crippen LogP contribution in [-0.4, -0.2) is 54.3 Å². The molecule has 4 atom stereocenters. The zero-order chi connectivity index (χ0) is 34.3. The number of carbonyl (C=O) groups excluding carboxylic acids is 5. The average molecular weight is 673 g/mol. The summed E-state index contributed by atoms with van der Waals surface area (Å²) >= 11 is 6.32. The number of ketones is 1. The van der Waals surface area contributed by atoms with Crippen molar-refractivity contribution in [2.24, 2.45) is 5.92 Å². The summed E-state index contributed by atoms with van der Waals surface area (Å²) in [4.78, 5) is 66.2. The fourth-order valence-corrected chi connectivity index (χ4v) is 6.13. The van der Waals surface area contributed by atoms with Gasteiger partial charge in [0.05, 0.1) is 6.04 Å². The highest BCUT2D eigenvalue weighted by molar-refractivity contribution is 6.38. The first-order valence-electron chi connectivity index (χ1n) is 16.3. The number of alkyl carbamates (subject to hydrolysis) is 1. The number of ether oxygens (including phenoxy) is 1. The van der Waals surface area contributed by atoms with Gasteiger partial charge in [-0.05, 0) is 54.5 Å². The van der Waals surface area contributed by atoms with Crippen LogP contribution in [0.25, 0.3) is 0 Å². The normalized spacial score (nSPS) is 17.7. The molecule has 10 nitrogen and oxygen atoms in total. The Kier molecular flexibility index (Phi) is 11.2. The van der Waals surface area contributed by atoms with Crippen molar-refractivity contribution in [3.8, 4) is 0 Å². The molecule has 1 heterocycles. The molecule has 3 aromatic carbocycles. The Morgan fingerprint density at radius 1 is 0.896 bits per heavy atom. The van der Waals surface area contributed by atoms with Crippen LogP contribution < -0.4 is 21.3 Å². The molecule has 4 N–H and O–H groups in total. The lowest BCUT2D eigenvalue weighted by atomic mass is 9.76. The van der Waals surface area contributed by atoms with Crippen molar-refractivity contribution >= 4 is 41.2 Å². The van der Waals surface area contributed by atoms with Gasteiger partial charge in [-0.25, -0.2) is 4.79 Å². The van der Waals surface area contributed by atoms with Crippen LogP contribution in [0.15, 0.2) is 84.9 Å². The van der Waals surface area contributed by atoms with E-state index in [1.807, 2.05) is 92.7 Å². The van der Waals surface area contributed by atoms with Crippen LogP contribution >= 0.6 is 11.6 Å². The van der Waals surface area contributed by atoms with Crippen molar-refractivity contribution in [1.82, 2.24) is 21.3 Å². The van der Waals surface area contributed by atoms with Gasteiger partial charge in [-0.15, -0.1) is 0 Å². The SMILES string of the molecule is CC(C)(c1cccc(Cl)c1)C(OC(=O)N[C@@H](Cc1ccccc1)C(=O)N[C@@H](C[C@@H]1CCNC1=O)C(=O)C(=O)NC1CC1)c1ccccc1. The third-order valence-corrected chi connectivity index (χ3v) is 9.13. The molecule has 48 heavy (non-hydrogen) atoms. The minimum absolute atomic E-state index is 0.0408. The number of carbonyl (C=O) groups is 5. The lowest BCUT2D eigenvalue weighted by Gasteiger charge is -2.35. The third kappa shape index (κ3) is 9.01. The number of hydrogen-bond acceptors (Lipinski definition) is 6. The topological polar surface area (TPSA) is 143 Å². The number of Topliss-reactive ketones (excluding diaryl/α,β-unsaturated/α-hetero) is 1. The van der Waals surface area contributed by atoms with Crippen molar-refractivity contribution < 1.29 is 28.7 Å². The largest absolute Gasteiger partial charge is 0.440 e. The quantitative estimate of drug-likeness (QED) is 0.185. The lowest BCUT2D eigenvalue weighted by Crippen LogP contribution is -2.55. The summed E-state index contributed by atoms with van der Waals surface area (Å²) in [5.74, 6) is -3.09. The smallest absolute Gasteiger partial charge is 0.408 e. The van der Waals surface area contributed by atoms with Gasteiger partial charge in [-0.2, -0.15) is 0 Å². The van der Waals surface area contributed by atoms with Crippen LogP contribution in [0.2, 0.25) is 5.02 Å². The number of amides is 4.